The van der Waals surface area contributed by atoms with Crippen molar-refractivity contribution in [2.24, 2.45) is 0 Å². The summed E-state index contributed by atoms with van der Waals surface area (Å²) >= 11 is 0. The van der Waals surface area contributed by atoms with Crippen molar-refractivity contribution in [1.82, 2.24) is 0 Å². The number of allylic oxidation sites excluding steroid dienone is 2. The Hall–Kier alpha value is -0.883. The van der Waals surface area contributed by atoms with Crippen LogP contribution in [0.5, 0.6) is 0 Å². The molecule has 0 spiro atoms. The van der Waals surface area contributed by atoms with E-state index < -0.39 is 20.0 Å². The van der Waals surface area contributed by atoms with Gasteiger partial charge >= 0.3 is 0 Å². The van der Waals surface area contributed by atoms with Crippen LogP contribution in [0.1, 0.15) is 12.8 Å². The highest BCUT2D eigenvalue weighted by Crippen LogP contribution is 2.17. The first-order chi connectivity index (χ1) is 6.38. The Bertz CT molecular complexity index is 327. The molecule has 1 atom stereocenters. The lowest BCUT2D eigenvalue weighted by Gasteiger charge is -2.11. The fourth-order valence-corrected chi connectivity index (χ4v) is 1.66. The van der Waals surface area contributed by atoms with Gasteiger partial charge in [0, 0.05) is 5.57 Å². The van der Waals surface area contributed by atoms with Gasteiger partial charge < -0.3 is 0 Å². The minimum atomic E-state index is -1.39. The molecule has 0 aromatic heterocycles. The van der Waals surface area contributed by atoms with E-state index in [1.54, 1.807) is 0 Å². The van der Waals surface area contributed by atoms with E-state index in [1.807, 2.05) is 0 Å². The third-order valence-electron chi connectivity index (χ3n) is 1.89. The second-order valence-electron chi connectivity index (χ2n) is 4.58. The quantitative estimate of drug-likeness (QED) is 0.443. The molecule has 76 valence electrons. The number of carbonyl (C=O) groups is 1. The minimum absolute atomic E-state index is 0.297. The Balaban J connectivity index is 2.76. The summed E-state index contributed by atoms with van der Waals surface area (Å²) in [5, 5.41) is 0. The molecule has 0 bridgehead atoms. The molecule has 1 aliphatic carbocycles. The number of halogens is 1. The normalized spacial score (nSPS) is 22.4. The van der Waals surface area contributed by atoms with Gasteiger partial charge in [0.25, 0.3) is 0 Å². The molecule has 1 nitrogen and oxygen atoms in total. The number of hydrogen-bond acceptors (Lipinski definition) is 1. The van der Waals surface area contributed by atoms with Gasteiger partial charge in [-0.3, -0.25) is 4.79 Å². The molecule has 0 saturated heterocycles. The Morgan fingerprint density at radius 2 is 2.14 bits per heavy atom. The zero-order chi connectivity index (χ0) is 10.8. The predicted molar refractivity (Wildman–Crippen MR) is 58.3 cm³/mol. The summed E-state index contributed by atoms with van der Waals surface area (Å²) in [6.07, 6.45) is 0.962. The molecule has 0 aromatic rings. The van der Waals surface area contributed by atoms with Crippen molar-refractivity contribution in [2.75, 3.05) is 0 Å². The highest BCUT2D eigenvalue weighted by molar-refractivity contribution is 6.83. The molecule has 0 amide bonds. The molecule has 1 aliphatic rings. The number of alkyl halides is 1. The van der Waals surface area contributed by atoms with Crippen LogP contribution in [0, 0.1) is 11.5 Å². The number of hydrogen-bond donors (Lipinski definition) is 0. The van der Waals surface area contributed by atoms with Gasteiger partial charge in [-0.15, -0.1) is 5.54 Å². The Morgan fingerprint density at radius 1 is 1.50 bits per heavy atom. The summed E-state index contributed by atoms with van der Waals surface area (Å²) in [6.45, 7) is 6.43. The van der Waals surface area contributed by atoms with Gasteiger partial charge in [-0.05, 0) is 18.9 Å². The summed E-state index contributed by atoms with van der Waals surface area (Å²) in [5.41, 5.74) is 3.97. The van der Waals surface area contributed by atoms with E-state index in [1.165, 1.54) is 6.08 Å². The first-order valence-electron chi connectivity index (χ1n) is 4.80. The number of rotatable bonds is 0. The van der Waals surface area contributed by atoms with Crippen molar-refractivity contribution in [2.45, 2.75) is 38.7 Å². The smallest absolute Gasteiger partial charge is 0.190 e. The first-order valence-corrected chi connectivity index (χ1v) is 8.30. The highest BCUT2D eigenvalue weighted by Gasteiger charge is 2.20. The van der Waals surface area contributed by atoms with Crippen molar-refractivity contribution in [3.05, 3.63) is 11.6 Å². The second kappa shape index (κ2) is 4.10. The van der Waals surface area contributed by atoms with Gasteiger partial charge in [-0.25, -0.2) is 4.39 Å². The zero-order valence-electron chi connectivity index (χ0n) is 8.86. The SMILES string of the molecule is C[Si](C)(C)C#CC1=CC(=O)C(F)CC1. The van der Waals surface area contributed by atoms with E-state index in [4.69, 9.17) is 0 Å². The van der Waals surface area contributed by atoms with Crippen LogP contribution >= 0.6 is 0 Å². The summed E-state index contributed by atoms with van der Waals surface area (Å²) in [6, 6.07) is 0. The fraction of sp³-hybridized carbons (Fsp3) is 0.545. The minimum Gasteiger partial charge on any atom is -0.292 e. The molecular formula is C11H15FOSi. The van der Waals surface area contributed by atoms with E-state index in [0.717, 1.165) is 5.57 Å². The monoisotopic (exact) mass is 210 g/mol. The summed E-state index contributed by atoms with van der Waals surface area (Å²) in [4.78, 5) is 11.0. The van der Waals surface area contributed by atoms with E-state index in [2.05, 4.69) is 31.1 Å². The maximum atomic E-state index is 12.8. The fourth-order valence-electron chi connectivity index (χ4n) is 1.13. The molecule has 1 rings (SSSR count). The average molecular weight is 210 g/mol. The molecule has 3 heteroatoms. The molecule has 0 saturated carbocycles. The van der Waals surface area contributed by atoms with Gasteiger partial charge in [-0.1, -0.05) is 25.6 Å². The van der Waals surface area contributed by atoms with Crippen LogP contribution in [-0.2, 0) is 4.79 Å². The van der Waals surface area contributed by atoms with Crippen LogP contribution in [0.25, 0.3) is 0 Å². The van der Waals surface area contributed by atoms with E-state index in [-0.39, 0.29) is 0 Å². The zero-order valence-corrected chi connectivity index (χ0v) is 9.86. The second-order valence-corrected chi connectivity index (χ2v) is 9.33. The maximum absolute atomic E-state index is 12.8. The third-order valence-corrected chi connectivity index (χ3v) is 2.77. The van der Waals surface area contributed by atoms with Gasteiger partial charge in [0.1, 0.15) is 8.07 Å². The molecule has 1 unspecified atom stereocenters. The molecule has 0 aliphatic heterocycles. The maximum Gasteiger partial charge on any atom is 0.190 e. The lowest BCUT2D eigenvalue weighted by atomic mass is 9.98. The van der Waals surface area contributed by atoms with E-state index >= 15 is 0 Å². The van der Waals surface area contributed by atoms with Gasteiger partial charge in [-0.2, -0.15) is 0 Å². The average Bonchev–Trinajstić information content (AvgIpc) is 2.06. The van der Waals surface area contributed by atoms with Gasteiger partial charge in [0.05, 0.1) is 0 Å². The summed E-state index contributed by atoms with van der Waals surface area (Å²) in [5.74, 6) is 2.58. The van der Waals surface area contributed by atoms with Crippen LogP contribution in [0.4, 0.5) is 4.39 Å². The molecule has 0 aromatic carbocycles. The van der Waals surface area contributed by atoms with Crippen molar-refractivity contribution in [1.29, 1.82) is 0 Å². The molecule has 14 heavy (non-hydrogen) atoms. The van der Waals surface area contributed by atoms with Gasteiger partial charge in [0.2, 0.25) is 0 Å². The van der Waals surface area contributed by atoms with Gasteiger partial charge in [0.15, 0.2) is 12.0 Å². The first kappa shape index (κ1) is 11.2. The predicted octanol–water partition coefficient (Wildman–Crippen LogP) is 2.49. The number of carbonyl (C=O) groups excluding carboxylic acids is 1. The number of ketones is 1. The molecular weight excluding hydrogens is 195 g/mol. The lowest BCUT2D eigenvalue weighted by Crippen LogP contribution is -2.19. The molecule has 0 radical (unpaired) electrons. The van der Waals surface area contributed by atoms with Crippen molar-refractivity contribution >= 4 is 13.9 Å². The van der Waals surface area contributed by atoms with E-state index in [9.17, 15) is 9.18 Å². The molecule has 0 N–H and O–H groups in total. The Labute approximate surface area is 85.4 Å². The standard InChI is InChI=1S/C11H15FOSi/c1-14(2,3)7-6-9-4-5-10(12)11(13)8-9/h8,10H,4-5H2,1-3H3. The topological polar surface area (TPSA) is 17.1 Å². The molecule has 0 fully saturated rings. The van der Waals surface area contributed by atoms with Crippen molar-refractivity contribution in [3.63, 3.8) is 0 Å². The van der Waals surface area contributed by atoms with E-state index in [0.29, 0.717) is 12.8 Å². The Morgan fingerprint density at radius 3 is 2.64 bits per heavy atom. The largest absolute Gasteiger partial charge is 0.292 e. The third kappa shape index (κ3) is 3.47. The van der Waals surface area contributed by atoms with Crippen LogP contribution < -0.4 is 0 Å². The summed E-state index contributed by atoms with van der Waals surface area (Å²) in [7, 11) is -1.39. The highest BCUT2D eigenvalue weighted by atomic mass is 28.3. The van der Waals surface area contributed by atoms with Crippen LogP contribution in [0.3, 0.4) is 0 Å². The van der Waals surface area contributed by atoms with Crippen molar-refractivity contribution in [3.8, 4) is 11.5 Å². The Kier molecular flexibility index (Phi) is 3.28. The van der Waals surface area contributed by atoms with Crippen molar-refractivity contribution < 1.29 is 9.18 Å². The lowest BCUT2D eigenvalue weighted by molar-refractivity contribution is -0.119. The van der Waals surface area contributed by atoms with Crippen LogP contribution in [-0.4, -0.2) is 20.0 Å². The van der Waals surface area contributed by atoms with Crippen LogP contribution in [0.2, 0.25) is 19.6 Å². The van der Waals surface area contributed by atoms with Crippen LogP contribution in [0.15, 0.2) is 11.6 Å². The molecule has 0 heterocycles. The summed E-state index contributed by atoms with van der Waals surface area (Å²) < 4.78 is 12.8.